The van der Waals surface area contributed by atoms with Gasteiger partial charge in [0.2, 0.25) is 5.91 Å². The van der Waals surface area contributed by atoms with Crippen molar-refractivity contribution in [3.05, 3.63) is 28.4 Å². The third-order valence-electron chi connectivity index (χ3n) is 2.95. The largest absolute Gasteiger partial charge is 0.447 e. The number of hydrogen-bond donors (Lipinski definition) is 3. The highest BCUT2D eigenvalue weighted by Crippen LogP contribution is 2.34. The molecule has 0 unspecified atom stereocenters. The van der Waals surface area contributed by atoms with E-state index in [1.165, 1.54) is 29.1 Å². The molecule has 0 radical (unpaired) electrons. The molecule has 26 heavy (non-hydrogen) atoms. The van der Waals surface area contributed by atoms with Gasteiger partial charge in [0.25, 0.3) is 0 Å². The Morgan fingerprint density at radius 1 is 1.42 bits per heavy atom. The Labute approximate surface area is 158 Å². The van der Waals surface area contributed by atoms with Gasteiger partial charge in [0, 0.05) is 30.0 Å². The van der Waals surface area contributed by atoms with Crippen LogP contribution in [-0.4, -0.2) is 40.3 Å². The second-order valence-electron chi connectivity index (χ2n) is 5.35. The van der Waals surface area contributed by atoms with Gasteiger partial charge in [-0.2, -0.15) is 0 Å². The molecular formula is C14H21N5O5S2. The zero-order valence-electron chi connectivity index (χ0n) is 14.3. The lowest BCUT2D eigenvalue weighted by Gasteiger charge is -2.14. The van der Waals surface area contributed by atoms with Crippen LogP contribution in [0.1, 0.15) is 20.3 Å². The minimum absolute atomic E-state index is 0.0649. The summed E-state index contributed by atoms with van der Waals surface area (Å²) in [6.07, 6.45) is 1.17. The number of carbonyl (C=O) groups is 2. The lowest BCUT2D eigenvalue weighted by molar-refractivity contribution is -0.388. The third-order valence-corrected chi connectivity index (χ3v) is 5.20. The van der Waals surface area contributed by atoms with E-state index < -0.39 is 11.0 Å². The summed E-state index contributed by atoms with van der Waals surface area (Å²) >= 11 is 0. The van der Waals surface area contributed by atoms with Crippen LogP contribution in [0.2, 0.25) is 0 Å². The third kappa shape index (κ3) is 8.36. The predicted octanol–water partition coefficient (Wildman–Crippen LogP) is 1.86. The topological polar surface area (TPSA) is 149 Å². The van der Waals surface area contributed by atoms with Crippen LogP contribution in [-0.2, 0) is 9.53 Å². The fourth-order valence-electron chi connectivity index (χ4n) is 1.79. The van der Waals surface area contributed by atoms with E-state index in [2.05, 4.69) is 15.8 Å². The molecule has 2 amide bonds. The van der Waals surface area contributed by atoms with E-state index in [1.807, 2.05) is 0 Å². The number of nitro groups is 1. The summed E-state index contributed by atoms with van der Waals surface area (Å²) in [5.41, 5.74) is 9.94. The maximum atomic E-state index is 11.7. The Balaban J connectivity index is 2.21. The van der Waals surface area contributed by atoms with Gasteiger partial charge >= 0.3 is 11.8 Å². The van der Waals surface area contributed by atoms with Crippen LogP contribution in [0.3, 0.4) is 0 Å². The van der Waals surface area contributed by atoms with Crippen molar-refractivity contribution in [3.63, 3.8) is 0 Å². The molecule has 1 aromatic heterocycles. The number of amides is 2. The number of nitrogens with two attached hydrogens (primary N) is 1. The molecule has 1 heterocycles. The number of nitrogens with zero attached hydrogens (tertiary/aromatic N) is 2. The monoisotopic (exact) mass is 403 g/mol. The van der Waals surface area contributed by atoms with Crippen LogP contribution in [0, 0.1) is 16.0 Å². The van der Waals surface area contributed by atoms with E-state index >= 15 is 0 Å². The molecule has 2 atom stereocenters. The summed E-state index contributed by atoms with van der Waals surface area (Å²) in [6, 6.07) is 2.74. The van der Waals surface area contributed by atoms with Gasteiger partial charge in [-0.1, -0.05) is 17.7 Å². The minimum atomic E-state index is -0.791. The normalized spacial score (nSPS) is 12.7. The van der Waals surface area contributed by atoms with Gasteiger partial charge in [0.1, 0.15) is 6.61 Å². The number of hydrogen-bond acceptors (Lipinski definition) is 9. The molecule has 0 aromatic carbocycles. The van der Waals surface area contributed by atoms with Crippen LogP contribution in [0.25, 0.3) is 0 Å². The van der Waals surface area contributed by atoms with E-state index in [4.69, 9.17) is 10.5 Å². The van der Waals surface area contributed by atoms with Gasteiger partial charge in [0.05, 0.1) is 4.92 Å². The fraction of sp³-hybridized carbons (Fsp3) is 0.500. The molecule has 12 heteroatoms. The number of nitrogens with one attached hydrogen (secondary N) is 2. The fourth-order valence-corrected chi connectivity index (χ4v) is 3.64. The first-order chi connectivity index (χ1) is 12.3. The summed E-state index contributed by atoms with van der Waals surface area (Å²) in [4.78, 5) is 37.5. The predicted molar refractivity (Wildman–Crippen MR) is 99.3 cm³/mol. The lowest BCUT2D eigenvalue weighted by Crippen LogP contribution is -2.45. The van der Waals surface area contributed by atoms with Crippen molar-refractivity contribution in [2.75, 3.05) is 12.4 Å². The summed E-state index contributed by atoms with van der Waals surface area (Å²) in [7, 11) is 2.38. The molecule has 144 valence electrons. The molecule has 0 saturated carbocycles. The van der Waals surface area contributed by atoms with E-state index in [0.717, 1.165) is 10.8 Å². The molecule has 0 spiro atoms. The van der Waals surface area contributed by atoms with Gasteiger partial charge in [-0.05, 0) is 30.2 Å². The highest BCUT2D eigenvalue weighted by Gasteiger charge is 2.16. The van der Waals surface area contributed by atoms with E-state index in [9.17, 15) is 19.7 Å². The van der Waals surface area contributed by atoms with E-state index in [-0.39, 0.29) is 35.2 Å². The van der Waals surface area contributed by atoms with Crippen molar-refractivity contribution in [2.45, 2.75) is 31.3 Å². The van der Waals surface area contributed by atoms with Gasteiger partial charge in [-0.25, -0.2) is 15.2 Å². The standard InChI is InChI=1S/C14H21N5O5S2/c1-9(8-10(2)15)12(20)17-18-14(21)24-6-7-25-26-13-11(19(22)23)4-3-5-16-13/h3-5,9-10H,6-8,15H2,1-2H3,(H,17,20)(H,18,21)/t9-,10-/m0/s1. The number of pyridine rings is 1. The van der Waals surface area contributed by atoms with E-state index in [0.29, 0.717) is 12.2 Å². The number of aromatic nitrogens is 1. The van der Waals surface area contributed by atoms with Crippen molar-refractivity contribution in [2.24, 2.45) is 11.7 Å². The highest BCUT2D eigenvalue weighted by atomic mass is 33.1. The Bertz CT molecular complexity index is 631. The van der Waals surface area contributed by atoms with Crippen LogP contribution in [0.5, 0.6) is 0 Å². The number of ether oxygens (including phenoxy) is 1. The quantitative estimate of drug-likeness (QED) is 0.243. The van der Waals surface area contributed by atoms with Crippen LogP contribution >= 0.6 is 21.6 Å². The van der Waals surface area contributed by atoms with Crippen molar-refractivity contribution in [1.82, 2.24) is 15.8 Å². The van der Waals surface area contributed by atoms with Crippen molar-refractivity contribution >= 4 is 39.3 Å². The zero-order chi connectivity index (χ0) is 19.5. The molecule has 1 rings (SSSR count). The molecule has 0 aliphatic carbocycles. The number of rotatable bonds is 9. The first-order valence-corrected chi connectivity index (χ1v) is 10.00. The maximum absolute atomic E-state index is 11.7. The summed E-state index contributed by atoms with van der Waals surface area (Å²) in [5.74, 6) is -0.302. The molecule has 1 aromatic rings. The molecule has 0 aliphatic heterocycles. The number of hydrazine groups is 1. The lowest BCUT2D eigenvalue weighted by atomic mass is 10.0. The van der Waals surface area contributed by atoms with Gasteiger partial charge < -0.3 is 10.5 Å². The van der Waals surface area contributed by atoms with Crippen LogP contribution < -0.4 is 16.6 Å². The van der Waals surface area contributed by atoms with E-state index in [1.54, 1.807) is 13.8 Å². The SMILES string of the molecule is C[C@H](N)C[C@H](C)C(=O)NNC(=O)OCCSSc1ncccc1[N+](=O)[O-]. The summed E-state index contributed by atoms with van der Waals surface area (Å²) < 4.78 is 4.89. The van der Waals surface area contributed by atoms with Gasteiger partial charge in [-0.3, -0.25) is 20.3 Å². The maximum Gasteiger partial charge on any atom is 0.426 e. The number of carbonyl (C=O) groups excluding carboxylic acids is 2. The average Bonchev–Trinajstić information content (AvgIpc) is 2.58. The molecule has 0 saturated heterocycles. The smallest absolute Gasteiger partial charge is 0.426 e. The first kappa shape index (κ1) is 22.0. The minimum Gasteiger partial charge on any atom is -0.447 e. The second kappa shape index (κ2) is 11.5. The molecule has 0 aliphatic rings. The first-order valence-electron chi connectivity index (χ1n) is 7.68. The Hall–Kier alpha value is -2.05. The summed E-state index contributed by atoms with van der Waals surface area (Å²) in [6.45, 7) is 3.56. The molecular weight excluding hydrogens is 382 g/mol. The average molecular weight is 403 g/mol. The second-order valence-corrected chi connectivity index (χ2v) is 7.76. The highest BCUT2D eigenvalue weighted by molar-refractivity contribution is 8.76. The van der Waals surface area contributed by atoms with Gasteiger partial charge in [-0.15, -0.1) is 0 Å². The Morgan fingerprint density at radius 3 is 2.81 bits per heavy atom. The molecule has 10 nitrogen and oxygen atoms in total. The Morgan fingerprint density at radius 2 is 2.15 bits per heavy atom. The van der Waals surface area contributed by atoms with Gasteiger partial charge in [0.15, 0.2) is 5.03 Å². The van der Waals surface area contributed by atoms with Crippen LogP contribution in [0.4, 0.5) is 10.5 Å². The van der Waals surface area contributed by atoms with Crippen molar-refractivity contribution in [1.29, 1.82) is 0 Å². The summed E-state index contributed by atoms with van der Waals surface area (Å²) in [5, 5.41) is 11.1. The molecule has 0 bridgehead atoms. The van der Waals surface area contributed by atoms with Crippen LogP contribution in [0.15, 0.2) is 23.4 Å². The molecule has 0 fully saturated rings. The van der Waals surface area contributed by atoms with Crippen molar-refractivity contribution in [3.8, 4) is 0 Å². The van der Waals surface area contributed by atoms with Crippen molar-refractivity contribution < 1.29 is 19.2 Å². The Kier molecular flexibility index (Phi) is 9.76. The molecule has 4 N–H and O–H groups in total. The zero-order valence-corrected chi connectivity index (χ0v) is 16.0.